The van der Waals surface area contributed by atoms with Crippen molar-refractivity contribution in [1.82, 2.24) is 25.1 Å². The van der Waals surface area contributed by atoms with E-state index in [1.807, 2.05) is 17.9 Å². The molecule has 0 radical (unpaired) electrons. The molecule has 0 unspecified atom stereocenters. The number of anilines is 1. The van der Waals surface area contributed by atoms with Crippen molar-refractivity contribution in [1.29, 1.82) is 0 Å². The van der Waals surface area contributed by atoms with Crippen molar-refractivity contribution in [3.05, 3.63) is 35.5 Å². The number of aromatic amines is 1. The van der Waals surface area contributed by atoms with Gasteiger partial charge in [-0.1, -0.05) is 20.8 Å². The second kappa shape index (κ2) is 7.18. The minimum Gasteiger partial charge on any atom is -0.350 e. The summed E-state index contributed by atoms with van der Waals surface area (Å²) in [5.41, 5.74) is 2.47. The molecule has 0 bridgehead atoms. The summed E-state index contributed by atoms with van der Waals surface area (Å²) in [7, 11) is 0. The molecule has 28 heavy (non-hydrogen) atoms. The van der Waals surface area contributed by atoms with Crippen molar-refractivity contribution in [3.63, 3.8) is 0 Å². The number of carbonyl (C=O) groups excluding carboxylic acids is 1. The monoisotopic (exact) mass is 382 g/mol. The van der Waals surface area contributed by atoms with Gasteiger partial charge in [0.2, 0.25) is 0 Å². The van der Waals surface area contributed by atoms with E-state index in [0.717, 1.165) is 43.1 Å². The first-order valence-corrected chi connectivity index (χ1v) is 10.2. The third-order valence-electron chi connectivity index (χ3n) is 5.74. The van der Waals surface area contributed by atoms with Crippen LogP contribution in [-0.2, 0) is 5.41 Å². The lowest BCUT2D eigenvalue weighted by molar-refractivity contribution is 0.0706. The third kappa shape index (κ3) is 3.88. The minimum absolute atomic E-state index is 0.0288. The molecule has 2 aromatic rings. The van der Waals surface area contributed by atoms with Crippen LogP contribution in [0.1, 0.15) is 68.3 Å². The van der Waals surface area contributed by atoms with Crippen LogP contribution in [0.3, 0.4) is 0 Å². The predicted octanol–water partition coefficient (Wildman–Crippen LogP) is 3.08. The summed E-state index contributed by atoms with van der Waals surface area (Å²) >= 11 is 0. The Hall–Kier alpha value is -2.44. The summed E-state index contributed by atoms with van der Waals surface area (Å²) in [6.45, 7) is 9.86. The van der Waals surface area contributed by atoms with Crippen LogP contribution in [0.4, 0.5) is 5.82 Å². The molecule has 0 atom stereocenters. The molecule has 7 heteroatoms. The van der Waals surface area contributed by atoms with E-state index in [9.17, 15) is 4.79 Å². The molecule has 0 spiro atoms. The van der Waals surface area contributed by atoms with Gasteiger partial charge in [-0.3, -0.25) is 9.89 Å². The number of amides is 1. The molecule has 1 aliphatic heterocycles. The van der Waals surface area contributed by atoms with E-state index in [-0.39, 0.29) is 11.3 Å². The number of aryl methyl sites for hydroxylation is 1. The molecule has 2 fully saturated rings. The number of hydrogen-bond acceptors (Lipinski definition) is 5. The van der Waals surface area contributed by atoms with E-state index < -0.39 is 0 Å². The average Bonchev–Trinajstić information content (AvgIpc) is 3.34. The van der Waals surface area contributed by atoms with Crippen molar-refractivity contribution in [2.75, 3.05) is 18.0 Å². The van der Waals surface area contributed by atoms with Crippen LogP contribution in [0.25, 0.3) is 0 Å². The number of aromatic nitrogens is 4. The Morgan fingerprint density at radius 3 is 2.36 bits per heavy atom. The zero-order valence-corrected chi connectivity index (χ0v) is 17.3. The molecule has 7 nitrogen and oxygen atoms in total. The van der Waals surface area contributed by atoms with Crippen LogP contribution in [-0.4, -0.2) is 56.1 Å². The first-order valence-electron chi connectivity index (χ1n) is 10.2. The van der Waals surface area contributed by atoms with Gasteiger partial charge >= 0.3 is 0 Å². The summed E-state index contributed by atoms with van der Waals surface area (Å²) in [5, 5.41) is 7.29. The fourth-order valence-corrected chi connectivity index (χ4v) is 3.93. The second-order valence-corrected chi connectivity index (χ2v) is 9.10. The normalized spacial score (nSPS) is 18.4. The number of carbonyl (C=O) groups is 1. The van der Waals surface area contributed by atoms with Crippen molar-refractivity contribution in [3.8, 4) is 0 Å². The minimum atomic E-state index is -0.0427. The van der Waals surface area contributed by atoms with Gasteiger partial charge in [0.15, 0.2) is 0 Å². The number of nitrogens with one attached hydrogen (secondary N) is 1. The number of rotatable bonds is 4. The maximum Gasteiger partial charge on any atom is 0.274 e. The Labute approximate surface area is 166 Å². The van der Waals surface area contributed by atoms with Gasteiger partial charge in [0.25, 0.3) is 5.91 Å². The molecule has 2 aliphatic rings. The van der Waals surface area contributed by atoms with Crippen LogP contribution >= 0.6 is 0 Å². The van der Waals surface area contributed by atoms with Crippen molar-refractivity contribution in [2.45, 2.75) is 70.9 Å². The predicted molar refractivity (Wildman–Crippen MR) is 108 cm³/mol. The fraction of sp³-hybridized carbons (Fsp3) is 0.619. The Morgan fingerprint density at radius 1 is 1.11 bits per heavy atom. The number of piperidine rings is 1. The Balaban J connectivity index is 1.42. The van der Waals surface area contributed by atoms with Gasteiger partial charge in [-0.15, -0.1) is 0 Å². The Bertz CT molecular complexity index is 843. The van der Waals surface area contributed by atoms with Crippen LogP contribution < -0.4 is 4.90 Å². The first kappa shape index (κ1) is 18.9. The standard InChI is InChI=1S/C21H30N6O/c1-14-11-19(23-13-22-14)27(15-5-6-15)16-7-9-26(10-8-16)20(28)17-12-18(25-24-17)21(2,3)4/h11-13,15-16H,5-10H2,1-4H3,(H,24,25). The van der Waals surface area contributed by atoms with Gasteiger partial charge in [0, 0.05) is 48.0 Å². The highest BCUT2D eigenvalue weighted by Crippen LogP contribution is 2.35. The van der Waals surface area contributed by atoms with Gasteiger partial charge < -0.3 is 9.80 Å². The van der Waals surface area contributed by atoms with Gasteiger partial charge in [-0.05, 0) is 38.7 Å². The Morgan fingerprint density at radius 2 is 1.79 bits per heavy atom. The molecule has 1 aliphatic carbocycles. The number of likely N-dealkylation sites (tertiary alicyclic amines) is 1. The summed E-state index contributed by atoms with van der Waals surface area (Å²) in [4.78, 5) is 26.1. The molecule has 150 valence electrons. The quantitative estimate of drug-likeness (QED) is 0.879. The van der Waals surface area contributed by atoms with Gasteiger partial charge in [-0.2, -0.15) is 5.10 Å². The van der Waals surface area contributed by atoms with Gasteiger partial charge in [-0.25, -0.2) is 9.97 Å². The maximum absolute atomic E-state index is 12.9. The largest absolute Gasteiger partial charge is 0.350 e. The third-order valence-corrected chi connectivity index (χ3v) is 5.74. The highest BCUT2D eigenvalue weighted by Gasteiger charge is 2.37. The number of hydrogen-bond donors (Lipinski definition) is 1. The second-order valence-electron chi connectivity index (χ2n) is 9.10. The summed E-state index contributed by atoms with van der Waals surface area (Å²) in [6.07, 6.45) is 6.03. The van der Waals surface area contributed by atoms with E-state index in [2.05, 4.69) is 51.9 Å². The lowest BCUT2D eigenvalue weighted by Crippen LogP contribution is -2.48. The highest BCUT2D eigenvalue weighted by atomic mass is 16.2. The maximum atomic E-state index is 12.9. The topological polar surface area (TPSA) is 78.0 Å². The average molecular weight is 383 g/mol. The van der Waals surface area contributed by atoms with Crippen molar-refractivity contribution >= 4 is 11.7 Å². The molecule has 2 aromatic heterocycles. The van der Waals surface area contributed by atoms with Crippen molar-refractivity contribution in [2.24, 2.45) is 0 Å². The fourth-order valence-electron chi connectivity index (χ4n) is 3.93. The highest BCUT2D eigenvalue weighted by molar-refractivity contribution is 5.92. The van der Waals surface area contributed by atoms with Crippen molar-refractivity contribution < 1.29 is 4.79 Å². The molecule has 1 saturated heterocycles. The zero-order chi connectivity index (χ0) is 19.9. The smallest absolute Gasteiger partial charge is 0.274 e. The number of H-pyrrole nitrogens is 1. The zero-order valence-electron chi connectivity index (χ0n) is 17.3. The molecule has 4 rings (SSSR count). The van der Waals surface area contributed by atoms with Gasteiger partial charge in [0.05, 0.1) is 0 Å². The molecular weight excluding hydrogens is 352 g/mol. The number of nitrogens with zero attached hydrogens (tertiary/aromatic N) is 5. The van der Waals surface area contributed by atoms with E-state index in [4.69, 9.17) is 0 Å². The summed E-state index contributed by atoms with van der Waals surface area (Å²) < 4.78 is 0. The lowest BCUT2D eigenvalue weighted by atomic mass is 9.92. The van der Waals surface area contributed by atoms with Crippen LogP contribution in [0, 0.1) is 6.92 Å². The molecule has 3 heterocycles. The molecule has 1 amide bonds. The van der Waals surface area contributed by atoms with E-state index >= 15 is 0 Å². The van der Waals surface area contributed by atoms with Crippen LogP contribution in [0.5, 0.6) is 0 Å². The molecule has 0 aromatic carbocycles. The molecular formula is C21H30N6O. The SMILES string of the molecule is Cc1cc(N(C2CC2)C2CCN(C(=O)c3cc(C(C)(C)C)[nH]n3)CC2)ncn1. The molecule has 1 N–H and O–H groups in total. The first-order chi connectivity index (χ1) is 13.3. The molecule has 1 saturated carbocycles. The van der Waals surface area contributed by atoms with E-state index in [1.54, 1.807) is 6.33 Å². The van der Waals surface area contributed by atoms with Gasteiger partial charge in [0.1, 0.15) is 17.8 Å². The van der Waals surface area contributed by atoms with Crippen LogP contribution in [0.2, 0.25) is 0 Å². The Kier molecular flexibility index (Phi) is 4.85. The summed E-state index contributed by atoms with van der Waals surface area (Å²) in [5.74, 6) is 1.06. The van der Waals surface area contributed by atoms with E-state index in [1.165, 1.54) is 12.8 Å². The lowest BCUT2D eigenvalue weighted by Gasteiger charge is -2.39. The van der Waals surface area contributed by atoms with E-state index in [0.29, 0.717) is 17.8 Å². The summed E-state index contributed by atoms with van der Waals surface area (Å²) in [6, 6.07) is 4.99. The van der Waals surface area contributed by atoms with Crippen LogP contribution in [0.15, 0.2) is 18.5 Å².